The number of ketones is 1. The summed E-state index contributed by atoms with van der Waals surface area (Å²) in [6.07, 6.45) is 18.6. The van der Waals surface area contributed by atoms with Crippen molar-refractivity contribution in [1.82, 2.24) is 0 Å². The standard InChI is InChI=1S/C23H38O4S/c1-2-3-4-5-6-7-10-19-13-14-22(27)21(19)11-8-9-12-23(28-16-15-24)20(17-25)18-26/h7-10,17,19-21,23-24,26H,2-6,11-16,18H2,1H3/t19-,20?,21+,23+/m0/s1. The van der Waals surface area contributed by atoms with E-state index in [1.54, 1.807) is 0 Å². The lowest BCUT2D eigenvalue weighted by atomic mass is 9.91. The summed E-state index contributed by atoms with van der Waals surface area (Å²) in [6, 6.07) is 0. The third kappa shape index (κ3) is 9.53. The fraction of sp³-hybridized carbons (Fsp3) is 0.739. The third-order valence-electron chi connectivity index (χ3n) is 5.47. The number of hydrogen-bond acceptors (Lipinski definition) is 5. The van der Waals surface area contributed by atoms with Crippen molar-refractivity contribution in [2.24, 2.45) is 17.8 Å². The summed E-state index contributed by atoms with van der Waals surface area (Å²) in [6.45, 7) is 2.10. The predicted octanol–water partition coefficient (Wildman–Crippen LogP) is 4.35. The predicted molar refractivity (Wildman–Crippen MR) is 117 cm³/mol. The molecule has 0 saturated heterocycles. The van der Waals surface area contributed by atoms with Crippen LogP contribution in [0.5, 0.6) is 0 Å². The van der Waals surface area contributed by atoms with Gasteiger partial charge in [0.15, 0.2) is 0 Å². The van der Waals surface area contributed by atoms with Crippen LogP contribution in [-0.2, 0) is 9.59 Å². The number of aliphatic hydroxyl groups is 2. The number of thioether (sulfide) groups is 1. The van der Waals surface area contributed by atoms with Gasteiger partial charge in [0.05, 0.1) is 13.2 Å². The summed E-state index contributed by atoms with van der Waals surface area (Å²) in [7, 11) is 0. The number of aldehydes is 1. The quantitative estimate of drug-likeness (QED) is 0.225. The average Bonchev–Trinajstić information content (AvgIpc) is 3.05. The highest BCUT2D eigenvalue weighted by molar-refractivity contribution is 7.99. The van der Waals surface area contributed by atoms with Gasteiger partial charge in [-0.2, -0.15) is 11.8 Å². The maximum Gasteiger partial charge on any atom is 0.136 e. The van der Waals surface area contributed by atoms with Crippen LogP contribution in [0.4, 0.5) is 0 Å². The zero-order valence-electron chi connectivity index (χ0n) is 17.3. The van der Waals surface area contributed by atoms with Crippen LogP contribution in [0, 0.1) is 17.8 Å². The van der Waals surface area contributed by atoms with E-state index in [0.29, 0.717) is 30.3 Å². The van der Waals surface area contributed by atoms with Crippen LogP contribution in [-0.4, -0.2) is 46.5 Å². The Morgan fingerprint density at radius 2 is 2.00 bits per heavy atom. The topological polar surface area (TPSA) is 74.6 Å². The Balaban J connectivity index is 2.48. The van der Waals surface area contributed by atoms with Gasteiger partial charge in [0.25, 0.3) is 0 Å². The molecule has 2 N–H and O–H groups in total. The maximum atomic E-state index is 12.2. The van der Waals surface area contributed by atoms with Crippen LogP contribution < -0.4 is 0 Å². The first-order valence-corrected chi connectivity index (χ1v) is 11.9. The van der Waals surface area contributed by atoms with Crippen LogP contribution in [0.3, 0.4) is 0 Å². The molecular weight excluding hydrogens is 372 g/mol. The van der Waals surface area contributed by atoms with Crippen LogP contribution in [0.25, 0.3) is 0 Å². The van der Waals surface area contributed by atoms with Gasteiger partial charge in [-0.15, -0.1) is 0 Å². The minimum Gasteiger partial charge on any atom is -0.396 e. The van der Waals surface area contributed by atoms with E-state index in [1.165, 1.54) is 37.4 Å². The average molecular weight is 411 g/mol. The minimum absolute atomic E-state index is 0.0380. The lowest BCUT2D eigenvalue weighted by Gasteiger charge is -2.19. The molecule has 0 aliphatic heterocycles. The summed E-state index contributed by atoms with van der Waals surface area (Å²) in [5.74, 6) is 0.916. The van der Waals surface area contributed by atoms with Gasteiger partial charge < -0.3 is 15.0 Å². The summed E-state index contributed by atoms with van der Waals surface area (Å²) >= 11 is 1.51. The number of carbonyl (C=O) groups is 2. The Hall–Kier alpha value is -0.910. The fourth-order valence-electron chi connectivity index (χ4n) is 3.72. The number of unbranched alkanes of at least 4 members (excludes halogenated alkanes) is 4. The van der Waals surface area contributed by atoms with Gasteiger partial charge in [-0.05, 0) is 38.0 Å². The summed E-state index contributed by atoms with van der Waals surface area (Å²) in [4.78, 5) is 23.4. The SMILES string of the molecule is CCCCCCC=C[C@H]1CCC(=O)[C@@H]1CC=CC[C@@H](SCCO)C(C=O)CO. The van der Waals surface area contributed by atoms with Crippen molar-refractivity contribution < 1.29 is 19.8 Å². The van der Waals surface area contributed by atoms with Crippen molar-refractivity contribution in [2.45, 2.75) is 70.0 Å². The Bertz CT molecular complexity index is 489. The number of aliphatic hydroxyl groups excluding tert-OH is 2. The van der Waals surface area contributed by atoms with Crippen molar-refractivity contribution in [3.63, 3.8) is 0 Å². The first kappa shape index (κ1) is 25.1. The molecular formula is C23H38O4S. The second kappa shape index (κ2) is 15.9. The molecule has 1 rings (SSSR count). The van der Waals surface area contributed by atoms with Crippen LogP contribution in [0.15, 0.2) is 24.3 Å². The van der Waals surface area contributed by atoms with Crippen molar-refractivity contribution in [2.75, 3.05) is 19.0 Å². The van der Waals surface area contributed by atoms with E-state index >= 15 is 0 Å². The molecule has 0 aromatic carbocycles. The smallest absolute Gasteiger partial charge is 0.136 e. The van der Waals surface area contributed by atoms with Gasteiger partial charge in [0, 0.05) is 29.3 Å². The molecule has 0 spiro atoms. The second-order valence-electron chi connectivity index (χ2n) is 7.61. The number of carbonyl (C=O) groups excluding carboxylic acids is 2. The van der Waals surface area contributed by atoms with Crippen LogP contribution in [0.1, 0.15) is 64.7 Å². The van der Waals surface area contributed by atoms with Gasteiger partial charge >= 0.3 is 0 Å². The Morgan fingerprint density at radius 1 is 1.18 bits per heavy atom. The van der Waals surface area contributed by atoms with Gasteiger partial charge in [0.2, 0.25) is 0 Å². The molecule has 0 aromatic heterocycles. The summed E-state index contributed by atoms with van der Waals surface area (Å²) < 4.78 is 0. The van der Waals surface area contributed by atoms with E-state index in [1.807, 2.05) is 6.08 Å². The van der Waals surface area contributed by atoms with Crippen LogP contribution >= 0.6 is 11.8 Å². The van der Waals surface area contributed by atoms with Gasteiger partial charge in [-0.3, -0.25) is 4.79 Å². The zero-order chi connectivity index (χ0) is 20.6. The van der Waals surface area contributed by atoms with Crippen molar-refractivity contribution >= 4 is 23.8 Å². The Kier molecular flexibility index (Phi) is 14.3. The van der Waals surface area contributed by atoms with Gasteiger partial charge in [0.1, 0.15) is 12.1 Å². The molecule has 4 atom stereocenters. The van der Waals surface area contributed by atoms with E-state index in [4.69, 9.17) is 5.11 Å². The van der Waals surface area contributed by atoms with E-state index < -0.39 is 5.92 Å². The molecule has 160 valence electrons. The summed E-state index contributed by atoms with van der Waals surface area (Å²) in [5.41, 5.74) is 0. The maximum absolute atomic E-state index is 12.2. The molecule has 28 heavy (non-hydrogen) atoms. The molecule has 1 unspecified atom stereocenters. The minimum atomic E-state index is -0.419. The molecule has 0 bridgehead atoms. The van der Waals surface area contributed by atoms with Gasteiger partial charge in [-0.25, -0.2) is 0 Å². The molecule has 1 saturated carbocycles. The number of rotatable bonds is 16. The highest BCUT2D eigenvalue weighted by Gasteiger charge is 2.31. The molecule has 0 amide bonds. The van der Waals surface area contributed by atoms with Crippen molar-refractivity contribution in [3.8, 4) is 0 Å². The number of allylic oxidation sites excluding steroid dienone is 4. The molecule has 1 aliphatic rings. The molecule has 1 aliphatic carbocycles. The fourth-order valence-corrected chi connectivity index (χ4v) is 4.78. The second-order valence-corrected chi connectivity index (χ2v) is 8.96. The molecule has 4 nitrogen and oxygen atoms in total. The monoisotopic (exact) mass is 410 g/mol. The van der Waals surface area contributed by atoms with Gasteiger partial charge in [-0.1, -0.05) is 50.5 Å². The first-order valence-electron chi connectivity index (χ1n) is 10.8. The van der Waals surface area contributed by atoms with E-state index in [2.05, 4.69) is 25.2 Å². The van der Waals surface area contributed by atoms with Crippen molar-refractivity contribution in [3.05, 3.63) is 24.3 Å². The first-order chi connectivity index (χ1) is 13.7. The molecule has 1 fully saturated rings. The summed E-state index contributed by atoms with van der Waals surface area (Å²) in [5, 5.41) is 18.3. The zero-order valence-corrected chi connectivity index (χ0v) is 18.1. The lowest BCUT2D eigenvalue weighted by Crippen LogP contribution is -2.23. The van der Waals surface area contributed by atoms with Crippen LogP contribution in [0.2, 0.25) is 0 Å². The molecule has 0 heterocycles. The van der Waals surface area contributed by atoms with Crippen molar-refractivity contribution in [1.29, 1.82) is 0 Å². The highest BCUT2D eigenvalue weighted by Crippen LogP contribution is 2.33. The number of hydrogen-bond donors (Lipinski definition) is 2. The van der Waals surface area contributed by atoms with E-state index in [-0.39, 0.29) is 24.4 Å². The lowest BCUT2D eigenvalue weighted by molar-refractivity contribution is -0.121. The normalized spacial score (nSPS) is 22.3. The Labute approximate surface area is 174 Å². The largest absolute Gasteiger partial charge is 0.396 e. The third-order valence-corrected chi connectivity index (χ3v) is 6.86. The van der Waals surface area contributed by atoms with E-state index in [0.717, 1.165) is 25.5 Å². The molecule has 5 heteroatoms. The van der Waals surface area contributed by atoms with E-state index in [9.17, 15) is 14.7 Å². The highest BCUT2D eigenvalue weighted by atomic mass is 32.2. The molecule has 0 radical (unpaired) electrons. The molecule has 0 aromatic rings. The number of Topliss-reactive ketones (excluding diaryl/α,β-unsaturated/α-hetero) is 1. The Morgan fingerprint density at radius 3 is 2.68 bits per heavy atom.